The smallest absolute Gasteiger partial charge is 0.431 e. The van der Waals surface area contributed by atoms with Crippen LogP contribution in [0, 0.1) is 5.92 Å². The van der Waals surface area contributed by atoms with E-state index in [2.05, 4.69) is 15.5 Å². The highest BCUT2D eigenvalue weighted by molar-refractivity contribution is 6.12. The number of nitrogens with zero attached hydrogens (tertiary/aromatic N) is 3. The van der Waals surface area contributed by atoms with Crippen molar-refractivity contribution in [3.05, 3.63) is 65.7 Å². The highest BCUT2D eigenvalue weighted by Crippen LogP contribution is 2.27. The molecule has 0 saturated carbocycles. The Morgan fingerprint density at radius 3 is 2.50 bits per heavy atom. The monoisotopic (exact) mass is 610 g/mol. The fraction of sp³-hybridized carbons (Fsp3) is 0.485. The van der Waals surface area contributed by atoms with Crippen LogP contribution in [0.25, 0.3) is 0 Å². The Kier molecular flexibility index (Phi) is 10.1. The lowest BCUT2D eigenvalue weighted by Gasteiger charge is -2.29. The zero-order valence-electron chi connectivity index (χ0n) is 24.5. The number of likely N-dealkylation sites (tertiary alicyclic amines) is 1. The van der Waals surface area contributed by atoms with Gasteiger partial charge >= 0.3 is 6.18 Å². The van der Waals surface area contributed by atoms with Crippen molar-refractivity contribution >= 4 is 29.0 Å². The average Bonchev–Trinajstić information content (AvgIpc) is 3.67. The fourth-order valence-corrected chi connectivity index (χ4v) is 6.04. The first kappa shape index (κ1) is 31.4. The molecule has 3 aliphatic rings. The van der Waals surface area contributed by atoms with Crippen molar-refractivity contribution in [2.45, 2.75) is 82.5 Å². The average molecular weight is 611 g/mol. The van der Waals surface area contributed by atoms with Gasteiger partial charge in [0.05, 0.1) is 24.4 Å². The number of nitrogens with one attached hydrogen (secondary N) is 1. The molecule has 3 aliphatic heterocycles. The van der Waals surface area contributed by atoms with E-state index in [1.54, 1.807) is 4.90 Å². The number of hydrogen-bond acceptors (Lipinski definition) is 6. The summed E-state index contributed by atoms with van der Waals surface area (Å²) in [6, 6.07) is 15.5. The molecular weight excluding hydrogens is 573 g/mol. The summed E-state index contributed by atoms with van der Waals surface area (Å²) in [7, 11) is 0. The molecule has 0 radical (unpaired) electrons. The second-order valence-electron chi connectivity index (χ2n) is 11.7. The topological polar surface area (TPSA) is 100 Å². The van der Waals surface area contributed by atoms with Crippen LogP contribution in [0.1, 0.15) is 62.5 Å². The van der Waals surface area contributed by atoms with Crippen LogP contribution in [0.5, 0.6) is 5.75 Å². The summed E-state index contributed by atoms with van der Waals surface area (Å²) in [6.45, 7) is 0.837. The van der Waals surface area contributed by atoms with Crippen LogP contribution in [0.15, 0.2) is 64.8 Å². The van der Waals surface area contributed by atoms with Crippen molar-refractivity contribution in [2.75, 3.05) is 13.2 Å². The number of hydrogen-bond donors (Lipinski definition) is 1. The van der Waals surface area contributed by atoms with Crippen LogP contribution < -0.4 is 10.1 Å². The normalized spacial score (nSPS) is 24.0. The lowest BCUT2D eigenvalue weighted by molar-refractivity contribution is -0.138. The molecule has 2 aromatic carbocycles. The maximum atomic E-state index is 14.0. The number of carbonyl (C=O) groups is 3. The first-order valence-corrected chi connectivity index (χ1v) is 15.3. The van der Waals surface area contributed by atoms with Gasteiger partial charge in [-0.1, -0.05) is 42.5 Å². The van der Waals surface area contributed by atoms with E-state index < -0.39 is 42.2 Å². The van der Waals surface area contributed by atoms with Gasteiger partial charge in [0.15, 0.2) is 5.78 Å². The molecule has 2 bridgehead atoms. The van der Waals surface area contributed by atoms with Gasteiger partial charge in [-0.2, -0.15) is 23.4 Å². The van der Waals surface area contributed by atoms with Gasteiger partial charge in [-0.3, -0.25) is 14.4 Å². The summed E-state index contributed by atoms with van der Waals surface area (Å²) >= 11 is 0. The maximum absolute atomic E-state index is 14.0. The number of benzene rings is 2. The first-order valence-electron chi connectivity index (χ1n) is 15.3. The number of Topliss-reactive ketones (excluding diaryl/α,β-unsaturated/α-hetero) is 1. The summed E-state index contributed by atoms with van der Waals surface area (Å²) in [4.78, 5) is 42.3. The van der Waals surface area contributed by atoms with Crippen molar-refractivity contribution in [3.63, 3.8) is 0 Å². The molecule has 234 valence electrons. The van der Waals surface area contributed by atoms with E-state index >= 15 is 0 Å². The largest absolute Gasteiger partial charge is 0.494 e. The summed E-state index contributed by atoms with van der Waals surface area (Å²) < 4.78 is 46.0. The van der Waals surface area contributed by atoms with E-state index in [1.165, 1.54) is 0 Å². The molecule has 1 N–H and O–H groups in total. The predicted molar refractivity (Wildman–Crippen MR) is 160 cm³/mol. The molecule has 5 rings (SSSR count). The third-order valence-electron chi connectivity index (χ3n) is 8.48. The van der Waals surface area contributed by atoms with Crippen molar-refractivity contribution in [3.8, 4) is 5.75 Å². The standard InChI is InChI=1S/C33H37F3N4O4/c34-33(35,36)30-21-27(38-39-30)26-12-4-5-17-44-25-11-6-10-23(18-25)19-28(40-16-7-13-31(40)42)29(41)20-24(32(43)37-26)15-14-22-8-2-1-3-9-22/h1-3,6,8-11,18,24,26,28H,4-5,7,12-17,19-21H2,(H,37,43)/t24-,26+,28+/m1/s1. The molecule has 0 aliphatic carbocycles. The first-order chi connectivity index (χ1) is 21.2. The van der Waals surface area contributed by atoms with Gasteiger partial charge in [-0.25, -0.2) is 0 Å². The molecule has 3 heterocycles. The van der Waals surface area contributed by atoms with Gasteiger partial charge in [-0.05, 0) is 61.8 Å². The molecule has 1 saturated heterocycles. The Morgan fingerprint density at radius 1 is 0.955 bits per heavy atom. The maximum Gasteiger partial charge on any atom is 0.431 e. The minimum absolute atomic E-state index is 0.0878. The highest BCUT2D eigenvalue weighted by Gasteiger charge is 2.41. The quantitative estimate of drug-likeness (QED) is 0.501. The SMILES string of the molecule is O=C1N[C@H](C2=NN=C(C(F)(F)F)C2)CCCCOc2cccc(c2)C[C@H](N2CCCC2=O)C(=O)C[C@H]1CCc1ccccc1. The minimum atomic E-state index is -4.61. The van der Waals surface area contributed by atoms with Crippen LogP contribution in [0.2, 0.25) is 0 Å². The van der Waals surface area contributed by atoms with Gasteiger partial charge in [0, 0.05) is 38.1 Å². The Morgan fingerprint density at radius 2 is 1.77 bits per heavy atom. The number of fused-ring (bicyclic) bond motifs is 2. The fourth-order valence-electron chi connectivity index (χ4n) is 6.04. The van der Waals surface area contributed by atoms with Crippen LogP contribution >= 0.6 is 0 Å². The van der Waals surface area contributed by atoms with Crippen LogP contribution in [-0.4, -0.2) is 65.3 Å². The van der Waals surface area contributed by atoms with E-state index in [0.717, 1.165) is 11.1 Å². The second kappa shape index (κ2) is 14.2. The number of ketones is 1. The molecule has 3 atom stereocenters. The minimum Gasteiger partial charge on any atom is -0.494 e. The Balaban J connectivity index is 1.43. The van der Waals surface area contributed by atoms with Gasteiger partial charge in [0.2, 0.25) is 11.8 Å². The van der Waals surface area contributed by atoms with Crippen molar-refractivity contribution in [1.82, 2.24) is 10.2 Å². The summed E-state index contributed by atoms with van der Waals surface area (Å²) in [5, 5.41) is 10.1. The Bertz CT molecular complexity index is 1410. The van der Waals surface area contributed by atoms with E-state index in [1.807, 2.05) is 54.6 Å². The van der Waals surface area contributed by atoms with Crippen LogP contribution in [0.3, 0.4) is 0 Å². The molecule has 0 aromatic heterocycles. The third kappa shape index (κ3) is 8.12. The molecule has 2 aromatic rings. The second-order valence-corrected chi connectivity index (χ2v) is 11.7. The zero-order valence-corrected chi connectivity index (χ0v) is 24.5. The molecule has 0 unspecified atom stereocenters. The number of aryl methyl sites for hydroxylation is 1. The molecular formula is C33H37F3N4O4. The number of halogens is 3. The summed E-state index contributed by atoms with van der Waals surface area (Å²) in [6.07, 6.45) is -1.47. The van der Waals surface area contributed by atoms with Gasteiger partial charge in [-0.15, -0.1) is 0 Å². The highest BCUT2D eigenvalue weighted by atomic mass is 19.4. The number of amides is 2. The number of ether oxygens (including phenoxy) is 1. The molecule has 8 nitrogen and oxygen atoms in total. The number of alkyl halides is 3. The van der Waals surface area contributed by atoms with E-state index in [-0.39, 0.29) is 23.8 Å². The van der Waals surface area contributed by atoms with Gasteiger partial charge in [0.25, 0.3) is 0 Å². The van der Waals surface area contributed by atoms with E-state index in [0.29, 0.717) is 70.3 Å². The zero-order chi connectivity index (χ0) is 31.1. The molecule has 44 heavy (non-hydrogen) atoms. The third-order valence-corrected chi connectivity index (χ3v) is 8.48. The number of carbonyl (C=O) groups excluding carboxylic acids is 3. The Labute approximate surface area is 254 Å². The van der Waals surface area contributed by atoms with Crippen LogP contribution in [-0.2, 0) is 27.2 Å². The molecule has 2 amide bonds. The molecule has 1 fully saturated rings. The number of rotatable bonds is 5. The van der Waals surface area contributed by atoms with Crippen molar-refractivity contribution in [1.29, 1.82) is 0 Å². The lowest BCUT2D eigenvalue weighted by atomic mass is 9.88. The van der Waals surface area contributed by atoms with Crippen molar-refractivity contribution < 1.29 is 32.3 Å². The van der Waals surface area contributed by atoms with Crippen LogP contribution in [0.4, 0.5) is 13.2 Å². The lowest BCUT2D eigenvalue weighted by Crippen LogP contribution is -2.47. The van der Waals surface area contributed by atoms with E-state index in [4.69, 9.17) is 4.74 Å². The van der Waals surface area contributed by atoms with E-state index in [9.17, 15) is 27.6 Å². The van der Waals surface area contributed by atoms with Gasteiger partial charge in [0.1, 0.15) is 11.5 Å². The molecule has 11 heteroatoms. The molecule has 0 spiro atoms. The predicted octanol–water partition coefficient (Wildman–Crippen LogP) is 5.24. The Hall–Kier alpha value is -4.02. The summed E-state index contributed by atoms with van der Waals surface area (Å²) in [5.74, 6) is -0.834. The van der Waals surface area contributed by atoms with Gasteiger partial charge < -0.3 is 15.0 Å². The van der Waals surface area contributed by atoms with Crippen molar-refractivity contribution in [2.24, 2.45) is 16.1 Å². The summed E-state index contributed by atoms with van der Waals surface area (Å²) in [5.41, 5.74) is 1.01.